The number of likely N-dealkylation sites (N-methyl/N-ethyl adjacent to an activating group) is 1. The standard InChI is InChI=1S/C14H16ClNO2S2/c1-16(8-7-13-5-3-9-19-13)20(17,18)14-6-2-4-12(10-14)11-15/h2-6,9-10H,7-8,11H2,1H3. The van der Waals surface area contributed by atoms with Crippen molar-refractivity contribution in [3.05, 3.63) is 52.2 Å². The molecule has 3 nitrogen and oxygen atoms in total. The van der Waals surface area contributed by atoms with E-state index in [1.807, 2.05) is 23.6 Å². The van der Waals surface area contributed by atoms with E-state index in [9.17, 15) is 8.42 Å². The third-order valence-corrected chi connectivity index (χ3v) is 6.11. The maximum absolute atomic E-state index is 12.4. The predicted molar refractivity (Wildman–Crippen MR) is 83.8 cm³/mol. The molecule has 0 aliphatic rings. The van der Waals surface area contributed by atoms with Crippen molar-refractivity contribution in [2.45, 2.75) is 17.2 Å². The van der Waals surface area contributed by atoms with Gasteiger partial charge in [0.1, 0.15) is 0 Å². The first-order chi connectivity index (χ1) is 9.54. The van der Waals surface area contributed by atoms with Gasteiger partial charge in [-0.15, -0.1) is 22.9 Å². The molecule has 0 saturated heterocycles. The van der Waals surface area contributed by atoms with Crippen LogP contribution in [0.25, 0.3) is 0 Å². The molecule has 0 N–H and O–H groups in total. The lowest BCUT2D eigenvalue weighted by molar-refractivity contribution is 0.473. The van der Waals surface area contributed by atoms with Crippen LogP contribution in [-0.4, -0.2) is 26.3 Å². The molecule has 1 aromatic heterocycles. The van der Waals surface area contributed by atoms with Crippen molar-refractivity contribution >= 4 is 33.0 Å². The Morgan fingerprint density at radius 2 is 2.05 bits per heavy atom. The van der Waals surface area contributed by atoms with Crippen LogP contribution in [0.2, 0.25) is 0 Å². The van der Waals surface area contributed by atoms with Crippen LogP contribution in [-0.2, 0) is 22.3 Å². The number of rotatable bonds is 6. The summed E-state index contributed by atoms with van der Waals surface area (Å²) in [6.07, 6.45) is 0.725. The molecule has 0 bridgehead atoms. The summed E-state index contributed by atoms with van der Waals surface area (Å²) in [5.41, 5.74) is 0.805. The Morgan fingerprint density at radius 3 is 2.70 bits per heavy atom. The molecule has 0 spiro atoms. The van der Waals surface area contributed by atoms with Crippen molar-refractivity contribution in [2.24, 2.45) is 0 Å². The molecule has 1 heterocycles. The summed E-state index contributed by atoms with van der Waals surface area (Å²) in [5, 5.41) is 1.99. The predicted octanol–water partition coefficient (Wildman–Crippen LogP) is 3.35. The third kappa shape index (κ3) is 3.61. The van der Waals surface area contributed by atoms with Gasteiger partial charge in [-0.3, -0.25) is 0 Å². The first kappa shape index (κ1) is 15.5. The smallest absolute Gasteiger partial charge is 0.207 e. The highest BCUT2D eigenvalue weighted by molar-refractivity contribution is 7.89. The lowest BCUT2D eigenvalue weighted by Gasteiger charge is -2.17. The number of thiophene rings is 1. The van der Waals surface area contributed by atoms with E-state index in [1.54, 1.807) is 36.6 Å². The molecule has 0 unspecified atom stereocenters. The Labute approximate surface area is 128 Å². The fraction of sp³-hybridized carbons (Fsp3) is 0.286. The van der Waals surface area contributed by atoms with E-state index >= 15 is 0 Å². The SMILES string of the molecule is CN(CCc1cccs1)S(=O)(=O)c1cccc(CCl)c1. The summed E-state index contributed by atoms with van der Waals surface area (Å²) < 4.78 is 26.3. The van der Waals surface area contributed by atoms with Crippen molar-refractivity contribution in [1.82, 2.24) is 4.31 Å². The summed E-state index contributed by atoms with van der Waals surface area (Å²) in [6.45, 7) is 0.466. The fourth-order valence-electron chi connectivity index (χ4n) is 1.81. The van der Waals surface area contributed by atoms with E-state index in [2.05, 4.69) is 0 Å². The summed E-state index contributed by atoms with van der Waals surface area (Å²) in [6, 6.07) is 10.8. The van der Waals surface area contributed by atoms with E-state index in [0.29, 0.717) is 17.3 Å². The monoisotopic (exact) mass is 329 g/mol. The van der Waals surface area contributed by atoms with Gasteiger partial charge >= 0.3 is 0 Å². The molecule has 0 amide bonds. The molecule has 6 heteroatoms. The summed E-state index contributed by atoms with van der Waals surface area (Å²) in [7, 11) is -1.84. The zero-order valence-corrected chi connectivity index (χ0v) is 13.5. The van der Waals surface area contributed by atoms with Gasteiger partial charge in [0.25, 0.3) is 0 Å². The maximum Gasteiger partial charge on any atom is 0.242 e. The molecule has 0 aliphatic heterocycles. The first-order valence-corrected chi connectivity index (χ1v) is 9.03. The Kier molecular flexibility index (Phi) is 5.21. The molecule has 108 valence electrons. The molecule has 0 atom stereocenters. The average molecular weight is 330 g/mol. The van der Waals surface area contributed by atoms with Crippen molar-refractivity contribution in [2.75, 3.05) is 13.6 Å². The van der Waals surface area contributed by atoms with Crippen LogP contribution in [0.5, 0.6) is 0 Å². The van der Waals surface area contributed by atoms with Crippen LogP contribution in [0.1, 0.15) is 10.4 Å². The van der Waals surface area contributed by atoms with E-state index in [4.69, 9.17) is 11.6 Å². The van der Waals surface area contributed by atoms with Crippen LogP contribution in [0.3, 0.4) is 0 Å². The Balaban J connectivity index is 2.12. The minimum Gasteiger partial charge on any atom is -0.207 e. The van der Waals surface area contributed by atoms with Gasteiger partial charge in [-0.05, 0) is 35.6 Å². The molecule has 2 rings (SSSR count). The van der Waals surface area contributed by atoms with Gasteiger partial charge in [-0.25, -0.2) is 12.7 Å². The van der Waals surface area contributed by atoms with Gasteiger partial charge < -0.3 is 0 Å². The number of nitrogens with zero attached hydrogens (tertiary/aromatic N) is 1. The summed E-state index contributed by atoms with van der Waals surface area (Å²) in [4.78, 5) is 1.48. The number of halogens is 1. The van der Waals surface area contributed by atoms with Crippen molar-refractivity contribution < 1.29 is 8.42 Å². The third-order valence-electron chi connectivity index (χ3n) is 3.01. The van der Waals surface area contributed by atoms with Gasteiger partial charge in [0.2, 0.25) is 10.0 Å². The molecule has 0 aliphatic carbocycles. The molecule has 2 aromatic rings. The Bertz CT molecular complexity index is 654. The number of benzene rings is 1. The van der Waals surface area contributed by atoms with Gasteiger partial charge in [-0.2, -0.15) is 0 Å². The van der Waals surface area contributed by atoms with Gasteiger partial charge in [-0.1, -0.05) is 18.2 Å². The normalized spacial score (nSPS) is 11.9. The lowest BCUT2D eigenvalue weighted by Crippen LogP contribution is -2.29. The molecule has 20 heavy (non-hydrogen) atoms. The van der Waals surface area contributed by atoms with Gasteiger partial charge in [0.15, 0.2) is 0 Å². The second-order valence-electron chi connectivity index (χ2n) is 4.44. The second kappa shape index (κ2) is 6.72. The van der Waals surface area contributed by atoms with E-state index in [1.165, 1.54) is 9.18 Å². The Hall–Kier alpha value is -0.880. The van der Waals surface area contributed by atoms with Crippen LogP contribution in [0.4, 0.5) is 0 Å². The minimum absolute atomic E-state index is 0.296. The maximum atomic E-state index is 12.4. The quantitative estimate of drug-likeness (QED) is 0.762. The number of alkyl halides is 1. The van der Waals surface area contributed by atoms with Crippen molar-refractivity contribution in [1.29, 1.82) is 0 Å². The average Bonchev–Trinajstić information content (AvgIpc) is 2.98. The van der Waals surface area contributed by atoms with Gasteiger partial charge in [0.05, 0.1) is 4.90 Å². The van der Waals surface area contributed by atoms with Crippen molar-refractivity contribution in [3.8, 4) is 0 Å². The van der Waals surface area contributed by atoms with Gasteiger partial charge in [0, 0.05) is 24.3 Å². The molecule has 0 radical (unpaired) electrons. The molecular formula is C14H16ClNO2S2. The highest BCUT2D eigenvalue weighted by Crippen LogP contribution is 2.18. The largest absolute Gasteiger partial charge is 0.242 e. The number of hydrogen-bond acceptors (Lipinski definition) is 3. The van der Waals surface area contributed by atoms with Crippen LogP contribution in [0, 0.1) is 0 Å². The summed E-state index contributed by atoms with van der Waals surface area (Å²) in [5.74, 6) is 0.308. The number of hydrogen-bond donors (Lipinski definition) is 0. The first-order valence-electron chi connectivity index (χ1n) is 6.17. The minimum atomic E-state index is -3.45. The highest BCUT2D eigenvalue weighted by atomic mass is 35.5. The van der Waals surface area contributed by atoms with E-state index < -0.39 is 10.0 Å². The molecular weight excluding hydrogens is 314 g/mol. The number of sulfonamides is 1. The van der Waals surface area contributed by atoms with Crippen LogP contribution in [0.15, 0.2) is 46.7 Å². The molecule has 0 saturated carbocycles. The van der Waals surface area contributed by atoms with E-state index in [-0.39, 0.29) is 0 Å². The summed E-state index contributed by atoms with van der Waals surface area (Å²) >= 11 is 7.39. The zero-order valence-electron chi connectivity index (χ0n) is 11.1. The van der Waals surface area contributed by atoms with Crippen LogP contribution >= 0.6 is 22.9 Å². The molecule has 1 aromatic carbocycles. The Morgan fingerprint density at radius 1 is 1.25 bits per heavy atom. The van der Waals surface area contributed by atoms with Crippen LogP contribution < -0.4 is 0 Å². The highest BCUT2D eigenvalue weighted by Gasteiger charge is 2.20. The topological polar surface area (TPSA) is 37.4 Å². The fourth-order valence-corrected chi connectivity index (χ4v) is 3.92. The van der Waals surface area contributed by atoms with Crippen molar-refractivity contribution in [3.63, 3.8) is 0 Å². The zero-order chi connectivity index (χ0) is 14.6. The molecule has 0 fully saturated rings. The van der Waals surface area contributed by atoms with E-state index in [0.717, 1.165) is 12.0 Å². The second-order valence-corrected chi connectivity index (χ2v) is 7.78. The lowest BCUT2D eigenvalue weighted by atomic mass is 10.2.